The van der Waals surface area contributed by atoms with Crippen LogP contribution in [0.15, 0.2) is 60.7 Å². The Balaban J connectivity index is 0.000000745. The highest BCUT2D eigenvalue weighted by Gasteiger charge is 2.25. The normalized spacial score (nSPS) is 10.7. The summed E-state index contributed by atoms with van der Waals surface area (Å²) in [6.45, 7) is 6.43. The predicted octanol–water partition coefficient (Wildman–Crippen LogP) is 5.61. The van der Waals surface area contributed by atoms with Gasteiger partial charge in [-0.25, -0.2) is 0 Å². The minimum atomic E-state index is -2.45. The van der Waals surface area contributed by atoms with E-state index in [9.17, 15) is 4.57 Å². The van der Waals surface area contributed by atoms with Crippen molar-refractivity contribution in [3.63, 3.8) is 0 Å². The molecule has 120 valence electrons. The van der Waals surface area contributed by atoms with Crippen molar-refractivity contribution in [1.29, 1.82) is 0 Å². The number of benzene rings is 2. The van der Waals surface area contributed by atoms with Crippen molar-refractivity contribution in [3.05, 3.63) is 60.7 Å². The van der Waals surface area contributed by atoms with Gasteiger partial charge in [0.15, 0.2) is 0 Å². The van der Waals surface area contributed by atoms with Crippen LogP contribution in [0.4, 0.5) is 0 Å². The molecule has 0 bridgehead atoms. The van der Waals surface area contributed by atoms with Crippen molar-refractivity contribution in [2.75, 3.05) is 6.16 Å². The Kier molecular flexibility index (Phi) is 8.85. The van der Waals surface area contributed by atoms with E-state index in [4.69, 9.17) is 0 Å². The van der Waals surface area contributed by atoms with Crippen molar-refractivity contribution in [2.45, 2.75) is 46.5 Å². The third-order valence-electron chi connectivity index (χ3n) is 3.42. The largest absolute Gasteiger partial charge is 0.314 e. The third kappa shape index (κ3) is 5.46. The molecule has 0 saturated carbocycles. The van der Waals surface area contributed by atoms with Gasteiger partial charge >= 0.3 is 0 Å². The third-order valence-corrected chi connectivity index (χ3v) is 6.63. The predicted molar refractivity (Wildman–Crippen MR) is 100 cm³/mol. The van der Waals surface area contributed by atoms with Crippen LogP contribution < -0.4 is 10.6 Å². The minimum absolute atomic E-state index is 0.773. The van der Waals surface area contributed by atoms with Gasteiger partial charge in [-0.05, 0) is 6.42 Å². The van der Waals surface area contributed by atoms with Crippen LogP contribution in [0.2, 0.25) is 0 Å². The molecule has 22 heavy (non-hydrogen) atoms. The summed E-state index contributed by atoms with van der Waals surface area (Å²) < 4.78 is 13.5. The average Bonchev–Trinajstić information content (AvgIpc) is 2.57. The zero-order valence-corrected chi connectivity index (χ0v) is 15.1. The molecular formula is C20H29OP. The lowest BCUT2D eigenvalue weighted by atomic mass is 10.3. The van der Waals surface area contributed by atoms with Crippen molar-refractivity contribution in [1.82, 2.24) is 0 Å². The minimum Gasteiger partial charge on any atom is -0.314 e. The van der Waals surface area contributed by atoms with Crippen molar-refractivity contribution >= 4 is 17.8 Å². The van der Waals surface area contributed by atoms with Gasteiger partial charge in [0.05, 0.1) is 0 Å². The first kappa shape index (κ1) is 18.7. The molecule has 0 heterocycles. The summed E-state index contributed by atoms with van der Waals surface area (Å²) in [6, 6.07) is 19.9. The van der Waals surface area contributed by atoms with Crippen LogP contribution in [-0.2, 0) is 4.57 Å². The van der Waals surface area contributed by atoms with Crippen molar-refractivity contribution in [3.8, 4) is 0 Å². The van der Waals surface area contributed by atoms with Gasteiger partial charge in [0.1, 0.15) is 7.14 Å². The molecule has 1 nitrogen and oxygen atoms in total. The highest BCUT2D eigenvalue weighted by atomic mass is 31.2. The number of unbranched alkanes of at least 4 members (excludes halogenated alkanes) is 2. The summed E-state index contributed by atoms with van der Waals surface area (Å²) in [7, 11) is -2.45. The van der Waals surface area contributed by atoms with Gasteiger partial charge in [0, 0.05) is 16.8 Å². The lowest BCUT2D eigenvalue weighted by molar-refractivity contribution is 0.584. The van der Waals surface area contributed by atoms with Gasteiger partial charge in [-0.2, -0.15) is 0 Å². The van der Waals surface area contributed by atoms with Gasteiger partial charge in [-0.1, -0.05) is 101 Å². The van der Waals surface area contributed by atoms with Gasteiger partial charge in [-0.3, -0.25) is 0 Å². The maximum absolute atomic E-state index is 13.5. The Hall–Kier alpha value is -1.33. The fourth-order valence-electron chi connectivity index (χ4n) is 2.33. The van der Waals surface area contributed by atoms with Crippen LogP contribution >= 0.6 is 7.14 Å². The van der Waals surface area contributed by atoms with Crippen molar-refractivity contribution in [2.24, 2.45) is 0 Å². The molecule has 0 saturated heterocycles. The summed E-state index contributed by atoms with van der Waals surface area (Å²) in [5, 5.41) is 1.97. The van der Waals surface area contributed by atoms with Gasteiger partial charge < -0.3 is 4.57 Å². The lowest BCUT2D eigenvalue weighted by Gasteiger charge is -2.19. The van der Waals surface area contributed by atoms with Crippen LogP contribution in [-0.4, -0.2) is 6.16 Å². The van der Waals surface area contributed by atoms with Crippen LogP contribution in [0.5, 0.6) is 0 Å². The number of rotatable bonds is 6. The van der Waals surface area contributed by atoms with Crippen molar-refractivity contribution < 1.29 is 4.57 Å². The quantitative estimate of drug-likeness (QED) is 0.500. The van der Waals surface area contributed by atoms with Crippen LogP contribution in [0, 0.1) is 0 Å². The molecule has 0 N–H and O–H groups in total. The Morgan fingerprint density at radius 1 is 0.727 bits per heavy atom. The Morgan fingerprint density at radius 3 is 1.50 bits per heavy atom. The summed E-state index contributed by atoms with van der Waals surface area (Å²) in [5.41, 5.74) is 0. The first-order chi connectivity index (χ1) is 10.7. The van der Waals surface area contributed by atoms with E-state index in [-0.39, 0.29) is 0 Å². The summed E-state index contributed by atoms with van der Waals surface area (Å²) in [5.74, 6) is 0. The van der Waals surface area contributed by atoms with E-state index in [2.05, 4.69) is 20.8 Å². The second-order valence-corrected chi connectivity index (χ2v) is 8.51. The van der Waals surface area contributed by atoms with E-state index in [1.807, 2.05) is 60.7 Å². The fourth-order valence-corrected chi connectivity index (χ4v) is 5.12. The van der Waals surface area contributed by atoms with E-state index in [0.717, 1.165) is 36.0 Å². The van der Waals surface area contributed by atoms with Crippen LogP contribution in [0.25, 0.3) is 0 Å². The highest BCUT2D eigenvalue weighted by molar-refractivity contribution is 7.78. The highest BCUT2D eigenvalue weighted by Crippen LogP contribution is 2.44. The van der Waals surface area contributed by atoms with E-state index in [1.54, 1.807) is 0 Å². The smallest absolute Gasteiger partial charge is 0.143 e. The monoisotopic (exact) mass is 316 g/mol. The van der Waals surface area contributed by atoms with E-state index < -0.39 is 7.14 Å². The van der Waals surface area contributed by atoms with E-state index >= 15 is 0 Å². The molecule has 0 fully saturated rings. The van der Waals surface area contributed by atoms with E-state index in [1.165, 1.54) is 6.42 Å². The molecule has 0 aromatic heterocycles. The number of hydrogen-bond acceptors (Lipinski definition) is 1. The Bertz CT molecular complexity index is 505. The van der Waals surface area contributed by atoms with Crippen LogP contribution in [0.1, 0.15) is 46.5 Å². The molecule has 0 atom stereocenters. The summed E-state index contributed by atoms with van der Waals surface area (Å²) >= 11 is 0. The second-order valence-electron chi connectivity index (χ2n) is 5.55. The van der Waals surface area contributed by atoms with Crippen LogP contribution in [0.3, 0.4) is 0 Å². The first-order valence-corrected chi connectivity index (χ1v) is 10.3. The number of hydrogen-bond donors (Lipinski definition) is 0. The standard InChI is InChI=1S/C17H21OP.C3H8/c1-2-3-10-15-19(18,16-11-6-4-7-12-16)17-13-8-5-9-14-17;1-3-2/h4-9,11-14H,2-3,10,15H2,1H3;3H2,1-2H3. The molecule has 2 aromatic rings. The molecule has 2 aromatic carbocycles. The second kappa shape index (κ2) is 10.4. The molecule has 0 amide bonds. The summed E-state index contributed by atoms with van der Waals surface area (Å²) in [4.78, 5) is 0. The van der Waals surface area contributed by atoms with E-state index in [0.29, 0.717) is 0 Å². The maximum atomic E-state index is 13.5. The van der Waals surface area contributed by atoms with Gasteiger partial charge in [-0.15, -0.1) is 0 Å². The molecule has 0 aliphatic carbocycles. The topological polar surface area (TPSA) is 17.1 Å². The lowest BCUT2D eigenvalue weighted by Crippen LogP contribution is -2.18. The molecule has 0 aliphatic heterocycles. The summed E-state index contributed by atoms with van der Waals surface area (Å²) in [6.07, 6.45) is 5.35. The zero-order chi connectivity index (χ0) is 16.3. The van der Waals surface area contributed by atoms with Gasteiger partial charge in [0.2, 0.25) is 0 Å². The van der Waals surface area contributed by atoms with Gasteiger partial charge in [0.25, 0.3) is 0 Å². The molecule has 2 rings (SSSR count). The average molecular weight is 316 g/mol. The Labute approximate surface area is 136 Å². The fraction of sp³-hybridized carbons (Fsp3) is 0.400. The Morgan fingerprint density at radius 2 is 1.14 bits per heavy atom. The molecular weight excluding hydrogens is 287 g/mol. The SMILES string of the molecule is CCC.CCCCCP(=O)(c1ccccc1)c1ccccc1. The molecule has 0 spiro atoms. The maximum Gasteiger partial charge on any atom is 0.143 e. The molecule has 0 radical (unpaired) electrons. The molecule has 0 aliphatic rings. The molecule has 2 heteroatoms. The molecule has 0 unspecified atom stereocenters. The first-order valence-electron chi connectivity index (χ1n) is 8.39. The zero-order valence-electron chi connectivity index (χ0n) is 14.2.